The summed E-state index contributed by atoms with van der Waals surface area (Å²) >= 11 is -0.291. The lowest BCUT2D eigenvalue weighted by Crippen LogP contribution is -2.12. The van der Waals surface area contributed by atoms with Crippen molar-refractivity contribution in [3.63, 3.8) is 0 Å². The number of hydrogen-bond donors (Lipinski definition) is 0. The van der Waals surface area contributed by atoms with Crippen molar-refractivity contribution in [1.82, 2.24) is 0 Å². The SMILES string of the molecule is CC(C)CC(F)CSC(F)(F)F. The first-order valence-corrected chi connectivity index (χ1v) is 4.64. The third kappa shape index (κ3) is 8.17. The van der Waals surface area contributed by atoms with Crippen molar-refractivity contribution in [3.05, 3.63) is 0 Å². The molecule has 0 nitrogen and oxygen atoms in total. The number of rotatable bonds is 4. The summed E-state index contributed by atoms with van der Waals surface area (Å²) in [5, 5.41) is 0. The van der Waals surface area contributed by atoms with E-state index in [0.29, 0.717) is 0 Å². The number of thioether (sulfide) groups is 1. The lowest BCUT2D eigenvalue weighted by atomic mass is 10.1. The van der Waals surface area contributed by atoms with E-state index in [1.165, 1.54) is 0 Å². The van der Waals surface area contributed by atoms with E-state index in [4.69, 9.17) is 0 Å². The van der Waals surface area contributed by atoms with Crippen molar-refractivity contribution < 1.29 is 17.6 Å². The minimum atomic E-state index is -4.30. The highest BCUT2D eigenvalue weighted by Crippen LogP contribution is 2.31. The molecule has 0 aliphatic rings. The maximum atomic E-state index is 12.7. The predicted molar refractivity (Wildman–Crippen MR) is 42.9 cm³/mol. The molecule has 0 N–H and O–H groups in total. The van der Waals surface area contributed by atoms with Crippen molar-refractivity contribution in [2.75, 3.05) is 5.75 Å². The fraction of sp³-hybridized carbons (Fsp3) is 1.00. The zero-order valence-corrected chi connectivity index (χ0v) is 7.81. The summed E-state index contributed by atoms with van der Waals surface area (Å²) in [5.74, 6) is -0.379. The van der Waals surface area contributed by atoms with Gasteiger partial charge in [-0.1, -0.05) is 13.8 Å². The minimum Gasteiger partial charge on any atom is -0.247 e. The van der Waals surface area contributed by atoms with E-state index in [1.807, 2.05) is 0 Å². The molecule has 0 amide bonds. The van der Waals surface area contributed by atoms with Crippen LogP contribution in [0.15, 0.2) is 0 Å². The molecule has 0 heterocycles. The van der Waals surface area contributed by atoms with Gasteiger partial charge in [-0.2, -0.15) is 13.2 Å². The molecule has 1 unspecified atom stereocenters. The first-order chi connectivity index (χ1) is 5.31. The Balaban J connectivity index is 3.51. The fourth-order valence-corrected chi connectivity index (χ4v) is 1.27. The molecule has 0 aromatic carbocycles. The van der Waals surface area contributed by atoms with Gasteiger partial charge in [0.15, 0.2) is 0 Å². The van der Waals surface area contributed by atoms with Gasteiger partial charge in [-0.25, -0.2) is 4.39 Å². The summed E-state index contributed by atoms with van der Waals surface area (Å²) in [5.41, 5.74) is -4.30. The van der Waals surface area contributed by atoms with Crippen LogP contribution < -0.4 is 0 Å². The van der Waals surface area contributed by atoms with Gasteiger partial charge in [0.25, 0.3) is 0 Å². The normalized spacial score (nSPS) is 15.2. The first kappa shape index (κ1) is 12.1. The van der Waals surface area contributed by atoms with Gasteiger partial charge >= 0.3 is 5.51 Å². The topological polar surface area (TPSA) is 0 Å². The standard InChI is InChI=1S/C7H12F4S/c1-5(2)3-6(8)4-12-7(9,10)11/h5-6H,3-4H2,1-2H3. The molecule has 1 atom stereocenters. The zero-order valence-electron chi connectivity index (χ0n) is 6.99. The Hall–Kier alpha value is 0.0700. The van der Waals surface area contributed by atoms with Gasteiger partial charge in [-0.05, 0) is 24.1 Å². The lowest BCUT2D eigenvalue weighted by molar-refractivity contribution is -0.0331. The van der Waals surface area contributed by atoms with Crippen molar-refractivity contribution >= 4 is 11.8 Å². The highest BCUT2D eigenvalue weighted by molar-refractivity contribution is 8.00. The minimum absolute atomic E-state index is 0.105. The maximum Gasteiger partial charge on any atom is 0.441 e. The summed E-state index contributed by atoms with van der Waals surface area (Å²) in [6, 6.07) is 0. The molecular formula is C7H12F4S. The summed E-state index contributed by atoms with van der Waals surface area (Å²) in [6.45, 7) is 3.57. The number of hydrogen-bond acceptors (Lipinski definition) is 1. The largest absolute Gasteiger partial charge is 0.441 e. The van der Waals surface area contributed by atoms with Gasteiger partial charge < -0.3 is 0 Å². The van der Waals surface area contributed by atoms with Crippen LogP contribution in [0.5, 0.6) is 0 Å². The molecule has 0 bridgehead atoms. The molecule has 0 saturated carbocycles. The molecule has 0 fully saturated rings. The Morgan fingerprint density at radius 3 is 2.08 bits per heavy atom. The number of halogens is 4. The monoisotopic (exact) mass is 204 g/mol. The first-order valence-electron chi connectivity index (χ1n) is 3.66. The molecule has 5 heteroatoms. The highest BCUT2D eigenvalue weighted by atomic mass is 32.2. The van der Waals surface area contributed by atoms with Gasteiger partial charge in [-0.3, -0.25) is 0 Å². The van der Waals surface area contributed by atoms with Gasteiger partial charge in [0, 0.05) is 5.75 Å². The lowest BCUT2D eigenvalue weighted by Gasteiger charge is -2.11. The molecule has 12 heavy (non-hydrogen) atoms. The van der Waals surface area contributed by atoms with Crippen LogP contribution >= 0.6 is 11.8 Å². The molecule has 0 aromatic heterocycles. The van der Waals surface area contributed by atoms with E-state index in [1.54, 1.807) is 13.8 Å². The highest BCUT2D eigenvalue weighted by Gasteiger charge is 2.29. The third-order valence-corrected chi connectivity index (χ3v) is 2.01. The summed E-state index contributed by atoms with van der Waals surface area (Å²) in [4.78, 5) is 0. The second-order valence-corrected chi connectivity index (χ2v) is 4.07. The zero-order chi connectivity index (χ0) is 9.78. The van der Waals surface area contributed by atoms with Crippen LogP contribution in [-0.2, 0) is 0 Å². The Bertz CT molecular complexity index is 121. The van der Waals surface area contributed by atoms with Crippen molar-refractivity contribution in [2.24, 2.45) is 5.92 Å². The molecule has 0 aliphatic carbocycles. The van der Waals surface area contributed by atoms with Crippen LogP contribution in [0.3, 0.4) is 0 Å². The molecule has 0 radical (unpaired) electrons. The Morgan fingerprint density at radius 1 is 1.25 bits per heavy atom. The second-order valence-electron chi connectivity index (χ2n) is 2.98. The van der Waals surface area contributed by atoms with Gasteiger partial charge in [0.05, 0.1) is 0 Å². The van der Waals surface area contributed by atoms with Gasteiger partial charge in [-0.15, -0.1) is 0 Å². The average molecular weight is 204 g/mol. The Labute approximate surface area is 73.7 Å². The quantitative estimate of drug-likeness (QED) is 0.630. The van der Waals surface area contributed by atoms with Crippen molar-refractivity contribution in [2.45, 2.75) is 31.9 Å². The molecule has 0 spiro atoms. The summed E-state index contributed by atoms with van der Waals surface area (Å²) < 4.78 is 47.3. The Morgan fingerprint density at radius 2 is 1.75 bits per heavy atom. The van der Waals surface area contributed by atoms with E-state index in [0.717, 1.165) is 0 Å². The van der Waals surface area contributed by atoms with Crippen molar-refractivity contribution in [3.8, 4) is 0 Å². The van der Waals surface area contributed by atoms with Gasteiger partial charge in [0.2, 0.25) is 0 Å². The summed E-state index contributed by atoms with van der Waals surface area (Å²) in [6.07, 6.45) is -1.15. The molecule has 0 aliphatic heterocycles. The number of alkyl halides is 4. The summed E-state index contributed by atoms with van der Waals surface area (Å²) in [7, 11) is 0. The fourth-order valence-electron chi connectivity index (χ4n) is 0.764. The van der Waals surface area contributed by atoms with Crippen molar-refractivity contribution in [1.29, 1.82) is 0 Å². The molecule has 0 rings (SSSR count). The average Bonchev–Trinajstić information content (AvgIpc) is 1.80. The van der Waals surface area contributed by atoms with Crippen LogP contribution in [0, 0.1) is 5.92 Å². The van der Waals surface area contributed by atoms with E-state index in [2.05, 4.69) is 0 Å². The molecule has 74 valence electrons. The van der Waals surface area contributed by atoms with Crippen LogP contribution in [0.25, 0.3) is 0 Å². The molecular weight excluding hydrogens is 192 g/mol. The molecule has 0 aromatic rings. The van der Waals surface area contributed by atoms with E-state index in [9.17, 15) is 17.6 Å². The second kappa shape index (κ2) is 4.94. The van der Waals surface area contributed by atoms with Gasteiger partial charge in [0.1, 0.15) is 6.17 Å². The Kier molecular flexibility index (Phi) is 4.97. The maximum absolute atomic E-state index is 12.7. The van der Waals surface area contributed by atoms with Crippen LogP contribution in [-0.4, -0.2) is 17.4 Å². The van der Waals surface area contributed by atoms with Crippen LogP contribution in [0.4, 0.5) is 17.6 Å². The van der Waals surface area contributed by atoms with E-state index >= 15 is 0 Å². The van der Waals surface area contributed by atoms with Crippen LogP contribution in [0.2, 0.25) is 0 Å². The van der Waals surface area contributed by atoms with Crippen LogP contribution in [0.1, 0.15) is 20.3 Å². The molecule has 0 saturated heterocycles. The van der Waals surface area contributed by atoms with E-state index < -0.39 is 17.4 Å². The third-order valence-electron chi connectivity index (χ3n) is 1.16. The smallest absolute Gasteiger partial charge is 0.247 e. The predicted octanol–water partition coefficient (Wildman–Crippen LogP) is 3.62. The van der Waals surface area contributed by atoms with E-state index in [-0.39, 0.29) is 24.1 Å².